The first-order valence-electron chi connectivity index (χ1n) is 9.09. The van der Waals surface area contributed by atoms with Crippen molar-refractivity contribution < 1.29 is 9.53 Å². The zero-order valence-corrected chi connectivity index (χ0v) is 15.5. The maximum absolute atomic E-state index is 11.2. The van der Waals surface area contributed by atoms with Crippen molar-refractivity contribution in [3.63, 3.8) is 0 Å². The Morgan fingerprint density at radius 1 is 1.44 bits per heavy atom. The van der Waals surface area contributed by atoms with Gasteiger partial charge >= 0.3 is 6.03 Å². The molecule has 7 nitrogen and oxygen atoms in total. The van der Waals surface area contributed by atoms with Gasteiger partial charge in [0.2, 0.25) is 0 Å². The van der Waals surface area contributed by atoms with Crippen LogP contribution in [0.2, 0.25) is 0 Å². The molecule has 0 spiro atoms. The van der Waals surface area contributed by atoms with Crippen molar-refractivity contribution in [2.75, 3.05) is 18.5 Å². The maximum atomic E-state index is 11.2. The van der Waals surface area contributed by atoms with E-state index in [2.05, 4.69) is 29.4 Å². The summed E-state index contributed by atoms with van der Waals surface area (Å²) < 4.78 is 7.68. The number of hydrogen-bond donors (Lipinski definition) is 2. The summed E-state index contributed by atoms with van der Waals surface area (Å²) in [4.78, 5) is 20.4. The molecule has 1 saturated heterocycles. The normalized spacial score (nSPS) is 19.5. The molecule has 0 unspecified atom stereocenters. The molecule has 0 aliphatic carbocycles. The van der Waals surface area contributed by atoms with E-state index in [1.54, 1.807) is 6.20 Å². The fourth-order valence-electron chi connectivity index (χ4n) is 3.83. The molecule has 0 radical (unpaired) electrons. The average molecular weight is 365 g/mol. The molecule has 7 heteroatoms. The molecule has 0 saturated carbocycles. The van der Waals surface area contributed by atoms with Gasteiger partial charge in [-0.3, -0.25) is 10.3 Å². The number of amides is 2. The summed E-state index contributed by atoms with van der Waals surface area (Å²) >= 11 is 0. The topological polar surface area (TPSA) is 95.1 Å². The van der Waals surface area contributed by atoms with Crippen LogP contribution in [0.1, 0.15) is 25.5 Å². The molecule has 4 rings (SSSR count). The van der Waals surface area contributed by atoms with Gasteiger partial charge in [0, 0.05) is 41.9 Å². The smallest absolute Gasteiger partial charge is 0.317 e. The zero-order chi connectivity index (χ0) is 19.0. The Balaban J connectivity index is 1.82. The minimum atomic E-state index is -0.634. The van der Waals surface area contributed by atoms with E-state index in [1.165, 1.54) is 0 Å². The summed E-state index contributed by atoms with van der Waals surface area (Å²) in [5.41, 5.74) is 9.13. The first kappa shape index (κ1) is 17.5. The fourth-order valence-corrected chi connectivity index (χ4v) is 3.83. The Labute approximate surface area is 157 Å². The maximum Gasteiger partial charge on any atom is 0.317 e. The van der Waals surface area contributed by atoms with Gasteiger partial charge < -0.3 is 15.0 Å². The number of primary amides is 1. The van der Waals surface area contributed by atoms with Crippen molar-refractivity contribution in [2.24, 2.45) is 12.8 Å². The van der Waals surface area contributed by atoms with E-state index in [0.717, 1.165) is 47.3 Å². The highest BCUT2D eigenvalue weighted by Gasteiger charge is 2.36. The molecule has 2 amide bonds. The molecule has 1 aliphatic heterocycles. The van der Waals surface area contributed by atoms with Gasteiger partial charge in [-0.1, -0.05) is 13.0 Å². The van der Waals surface area contributed by atoms with Gasteiger partial charge in [0.25, 0.3) is 0 Å². The van der Waals surface area contributed by atoms with Crippen molar-refractivity contribution in [2.45, 2.75) is 25.2 Å². The van der Waals surface area contributed by atoms with Gasteiger partial charge in [-0.2, -0.15) is 0 Å². The summed E-state index contributed by atoms with van der Waals surface area (Å²) in [6, 6.07) is 7.35. The molecule has 0 bridgehead atoms. The second kappa shape index (κ2) is 6.66. The molecule has 27 heavy (non-hydrogen) atoms. The first-order valence-corrected chi connectivity index (χ1v) is 9.09. The molecule has 3 aromatic heterocycles. The van der Waals surface area contributed by atoms with E-state index in [-0.39, 0.29) is 5.41 Å². The van der Waals surface area contributed by atoms with Gasteiger partial charge in [0.05, 0.1) is 24.0 Å². The van der Waals surface area contributed by atoms with E-state index < -0.39 is 6.03 Å². The lowest BCUT2D eigenvalue weighted by Gasteiger charge is -2.25. The van der Waals surface area contributed by atoms with Crippen molar-refractivity contribution in [1.82, 2.24) is 14.5 Å². The van der Waals surface area contributed by atoms with Crippen LogP contribution in [-0.2, 0) is 17.2 Å². The molecule has 140 valence electrons. The summed E-state index contributed by atoms with van der Waals surface area (Å²) in [5, 5.41) is 3.50. The highest BCUT2D eigenvalue weighted by Crippen LogP contribution is 2.37. The van der Waals surface area contributed by atoms with E-state index in [9.17, 15) is 4.79 Å². The molecular formula is C20H23N5O2. The summed E-state index contributed by atoms with van der Waals surface area (Å²) in [7, 11) is 1.97. The number of rotatable bonds is 4. The van der Waals surface area contributed by atoms with Crippen molar-refractivity contribution in [3.8, 4) is 11.3 Å². The lowest BCUT2D eigenvalue weighted by atomic mass is 9.80. The summed E-state index contributed by atoms with van der Waals surface area (Å²) in [5.74, 6) is 0.424. The standard InChI is InChI=1S/C20H23N5O2/c1-3-20(7-8-27-12-20)17-6-4-5-15(23-17)14-11-25(2)16-10-22-18(9-13(14)16)24-19(21)26/h4-6,9-11H,3,7-8,12H2,1-2H3,(H3,21,22,24,26)/t20-/m0/s1. The number of pyridine rings is 2. The zero-order valence-electron chi connectivity index (χ0n) is 15.5. The number of aromatic nitrogens is 3. The number of urea groups is 1. The van der Waals surface area contributed by atoms with Gasteiger partial charge in [-0.05, 0) is 31.0 Å². The summed E-state index contributed by atoms with van der Waals surface area (Å²) in [6.45, 7) is 3.68. The van der Waals surface area contributed by atoms with Gasteiger partial charge in [-0.25, -0.2) is 9.78 Å². The summed E-state index contributed by atoms with van der Waals surface area (Å²) in [6.07, 6.45) is 5.75. The number of aryl methyl sites for hydroxylation is 1. The highest BCUT2D eigenvalue weighted by atomic mass is 16.5. The molecule has 1 aliphatic rings. The number of anilines is 1. The number of carbonyl (C=O) groups excluding carboxylic acids is 1. The number of nitrogens with zero attached hydrogens (tertiary/aromatic N) is 3. The number of fused-ring (bicyclic) bond motifs is 1. The number of nitrogens with one attached hydrogen (secondary N) is 1. The molecule has 1 atom stereocenters. The van der Waals surface area contributed by atoms with Gasteiger partial charge in [0.1, 0.15) is 5.82 Å². The molecular weight excluding hydrogens is 342 g/mol. The van der Waals surface area contributed by atoms with E-state index in [1.807, 2.05) is 29.9 Å². The molecule has 3 N–H and O–H groups in total. The predicted octanol–water partition coefficient (Wildman–Crippen LogP) is 3.19. The van der Waals surface area contributed by atoms with E-state index >= 15 is 0 Å². The van der Waals surface area contributed by atoms with Crippen LogP contribution in [0.3, 0.4) is 0 Å². The predicted molar refractivity (Wildman–Crippen MR) is 105 cm³/mol. The Kier molecular flexibility index (Phi) is 4.31. The van der Waals surface area contributed by atoms with Crippen LogP contribution in [0.15, 0.2) is 36.7 Å². The van der Waals surface area contributed by atoms with E-state index in [4.69, 9.17) is 15.5 Å². The second-order valence-electron chi connectivity index (χ2n) is 7.07. The fraction of sp³-hybridized carbons (Fsp3) is 0.350. The van der Waals surface area contributed by atoms with Crippen molar-refractivity contribution in [1.29, 1.82) is 0 Å². The third-order valence-corrected chi connectivity index (χ3v) is 5.48. The van der Waals surface area contributed by atoms with Crippen molar-refractivity contribution >= 4 is 22.8 Å². The Morgan fingerprint density at radius 2 is 2.30 bits per heavy atom. The largest absolute Gasteiger partial charge is 0.380 e. The van der Waals surface area contributed by atoms with E-state index in [0.29, 0.717) is 12.4 Å². The average Bonchev–Trinajstić information content (AvgIpc) is 3.27. The molecule has 0 aromatic carbocycles. The number of carbonyl (C=O) groups is 1. The highest BCUT2D eigenvalue weighted by molar-refractivity contribution is 5.98. The molecule has 1 fully saturated rings. The minimum Gasteiger partial charge on any atom is -0.380 e. The monoisotopic (exact) mass is 365 g/mol. The quantitative estimate of drug-likeness (QED) is 0.742. The third-order valence-electron chi connectivity index (χ3n) is 5.48. The lowest BCUT2D eigenvalue weighted by Crippen LogP contribution is -2.26. The minimum absolute atomic E-state index is 0.0131. The second-order valence-corrected chi connectivity index (χ2v) is 7.07. The molecule has 3 aromatic rings. The molecule has 4 heterocycles. The van der Waals surface area contributed by atoms with Crippen LogP contribution in [0.25, 0.3) is 22.2 Å². The van der Waals surface area contributed by atoms with Gasteiger partial charge in [-0.15, -0.1) is 0 Å². The van der Waals surface area contributed by atoms with Crippen LogP contribution in [0.4, 0.5) is 10.6 Å². The third kappa shape index (κ3) is 3.04. The number of nitrogens with two attached hydrogens (primary N) is 1. The lowest BCUT2D eigenvalue weighted by molar-refractivity contribution is 0.174. The van der Waals surface area contributed by atoms with Crippen LogP contribution < -0.4 is 11.1 Å². The SMILES string of the molecule is CC[C@]1(c2cccc(-c3cn(C)c4cnc(NC(N)=O)cc34)n2)CCOC1. The Bertz CT molecular complexity index is 1000. The van der Waals surface area contributed by atoms with Crippen LogP contribution in [0.5, 0.6) is 0 Å². The first-order chi connectivity index (χ1) is 13.0. The van der Waals surface area contributed by atoms with Crippen LogP contribution >= 0.6 is 0 Å². The Hall–Kier alpha value is -2.93. The van der Waals surface area contributed by atoms with Crippen LogP contribution in [0, 0.1) is 0 Å². The Morgan fingerprint density at radius 3 is 3.00 bits per heavy atom. The van der Waals surface area contributed by atoms with Crippen molar-refractivity contribution in [3.05, 3.63) is 42.4 Å². The van der Waals surface area contributed by atoms with Crippen LogP contribution in [-0.4, -0.2) is 33.8 Å². The number of ether oxygens (including phenoxy) is 1. The number of hydrogen-bond acceptors (Lipinski definition) is 4. The van der Waals surface area contributed by atoms with Gasteiger partial charge in [0.15, 0.2) is 0 Å².